The molecule has 0 radical (unpaired) electrons. The third kappa shape index (κ3) is 6.90. The molecule has 0 atom stereocenters. The Labute approximate surface area is 158 Å². The Hall–Kier alpha value is -0.300. The molecule has 144 valence electrons. The van der Waals surface area contributed by atoms with Gasteiger partial charge in [-0.15, -0.1) is 24.0 Å². The Morgan fingerprint density at radius 2 is 1.83 bits per heavy atom. The van der Waals surface area contributed by atoms with Crippen LogP contribution in [-0.2, 0) is 10.0 Å². The van der Waals surface area contributed by atoms with Gasteiger partial charge in [0.25, 0.3) is 0 Å². The van der Waals surface area contributed by atoms with Crippen LogP contribution >= 0.6 is 24.0 Å². The van der Waals surface area contributed by atoms with Crippen LogP contribution in [0.25, 0.3) is 0 Å². The van der Waals surface area contributed by atoms with E-state index in [9.17, 15) is 21.6 Å². The molecule has 0 aromatic heterocycles. The smallest absolute Gasteiger partial charge is 0.357 e. The summed E-state index contributed by atoms with van der Waals surface area (Å²) in [4.78, 5) is 4.40. The molecule has 0 aliphatic carbocycles. The van der Waals surface area contributed by atoms with Crippen LogP contribution in [0, 0.1) is 5.92 Å². The maximum absolute atomic E-state index is 12.5. The third-order valence-corrected chi connectivity index (χ3v) is 5.02. The fraction of sp³-hybridized carbons (Fsp3) is 0.923. The minimum atomic E-state index is -5.24. The number of halogens is 4. The molecule has 1 rings (SSSR count). The standard InChI is InChI=1S/C13H25F3N4O2S.HI/c1-4-17-12(18-9-10(2)3)19-11-5-7-20(8-6-11)23(21,22)13(14,15)16;/h10-11H,4-9H2,1-3H3,(H2,17,18,19);1H. The fourth-order valence-electron chi connectivity index (χ4n) is 2.17. The van der Waals surface area contributed by atoms with E-state index in [0.29, 0.717) is 42.1 Å². The summed E-state index contributed by atoms with van der Waals surface area (Å²) in [6.07, 6.45) is 0.614. The second-order valence-electron chi connectivity index (χ2n) is 5.88. The SMILES string of the molecule is CCNC(=NCC(C)C)NC1CCN(S(=O)(=O)C(F)(F)F)CC1.I. The molecular formula is C13H26F3IN4O2S. The summed E-state index contributed by atoms with van der Waals surface area (Å²) in [6.45, 7) is 7.00. The second kappa shape index (κ2) is 10.00. The summed E-state index contributed by atoms with van der Waals surface area (Å²) in [5.41, 5.74) is -5.24. The van der Waals surface area contributed by atoms with Crippen LogP contribution in [0.15, 0.2) is 4.99 Å². The van der Waals surface area contributed by atoms with Gasteiger partial charge < -0.3 is 10.6 Å². The number of sulfonamides is 1. The predicted molar refractivity (Wildman–Crippen MR) is 98.9 cm³/mol. The van der Waals surface area contributed by atoms with Crippen LogP contribution in [0.1, 0.15) is 33.6 Å². The molecule has 0 saturated carbocycles. The van der Waals surface area contributed by atoms with Gasteiger partial charge in [0.15, 0.2) is 5.96 Å². The lowest BCUT2D eigenvalue weighted by atomic mass is 10.1. The highest BCUT2D eigenvalue weighted by atomic mass is 127. The van der Waals surface area contributed by atoms with Crippen LogP contribution < -0.4 is 10.6 Å². The van der Waals surface area contributed by atoms with E-state index in [1.165, 1.54) is 0 Å². The van der Waals surface area contributed by atoms with E-state index in [0.717, 1.165) is 0 Å². The third-order valence-electron chi connectivity index (χ3n) is 3.39. The van der Waals surface area contributed by atoms with E-state index in [4.69, 9.17) is 0 Å². The zero-order valence-corrected chi connectivity index (χ0v) is 17.2. The number of hydrogen-bond acceptors (Lipinski definition) is 3. The minimum absolute atomic E-state index is 0. The lowest BCUT2D eigenvalue weighted by Crippen LogP contribution is -2.51. The fourth-order valence-corrected chi connectivity index (χ4v) is 3.16. The van der Waals surface area contributed by atoms with Crippen molar-refractivity contribution >= 4 is 40.0 Å². The van der Waals surface area contributed by atoms with Gasteiger partial charge in [-0.25, -0.2) is 8.42 Å². The first kappa shape index (κ1) is 23.7. The van der Waals surface area contributed by atoms with Crippen LogP contribution in [0.3, 0.4) is 0 Å². The van der Waals surface area contributed by atoms with Crippen LogP contribution in [0.5, 0.6) is 0 Å². The van der Waals surface area contributed by atoms with Crippen molar-refractivity contribution in [3.8, 4) is 0 Å². The van der Waals surface area contributed by atoms with Gasteiger partial charge in [0, 0.05) is 32.2 Å². The zero-order valence-electron chi connectivity index (χ0n) is 14.1. The summed E-state index contributed by atoms with van der Waals surface area (Å²) < 4.78 is 60.8. The molecule has 0 amide bonds. The van der Waals surface area contributed by atoms with E-state index >= 15 is 0 Å². The molecule has 2 N–H and O–H groups in total. The van der Waals surface area contributed by atoms with Crippen LogP contribution in [0.2, 0.25) is 0 Å². The van der Waals surface area contributed by atoms with Crippen molar-refractivity contribution in [1.82, 2.24) is 14.9 Å². The quantitative estimate of drug-likeness (QED) is 0.355. The van der Waals surface area contributed by atoms with Crippen molar-refractivity contribution in [3.05, 3.63) is 0 Å². The van der Waals surface area contributed by atoms with E-state index in [1.807, 2.05) is 20.8 Å². The first-order valence-electron chi connectivity index (χ1n) is 7.69. The highest BCUT2D eigenvalue weighted by Crippen LogP contribution is 2.28. The van der Waals surface area contributed by atoms with Gasteiger partial charge in [0.1, 0.15) is 0 Å². The summed E-state index contributed by atoms with van der Waals surface area (Å²) in [6, 6.07) is -0.0976. The lowest BCUT2D eigenvalue weighted by Gasteiger charge is -2.32. The van der Waals surface area contributed by atoms with Crippen molar-refractivity contribution in [3.63, 3.8) is 0 Å². The van der Waals surface area contributed by atoms with E-state index < -0.39 is 15.5 Å². The predicted octanol–water partition coefficient (Wildman–Crippen LogP) is 2.13. The summed E-state index contributed by atoms with van der Waals surface area (Å²) >= 11 is 0. The van der Waals surface area contributed by atoms with Gasteiger partial charge in [-0.2, -0.15) is 17.5 Å². The molecule has 0 bridgehead atoms. The van der Waals surface area contributed by atoms with Gasteiger partial charge in [0.2, 0.25) is 0 Å². The molecular weight excluding hydrogens is 460 g/mol. The maximum Gasteiger partial charge on any atom is 0.511 e. The lowest BCUT2D eigenvalue weighted by molar-refractivity contribution is -0.0494. The average Bonchev–Trinajstić information content (AvgIpc) is 2.44. The topological polar surface area (TPSA) is 73.8 Å². The number of rotatable bonds is 5. The Kier molecular flexibility index (Phi) is 9.87. The number of guanidine groups is 1. The van der Waals surface area contributed by atoms with Crippen LogP contribution in [0.4, 0.5) is 13.2 Å². The van der Waals surface area contributed by atoms with E-state index in [1.54, 1.807) is 0 Å². The van der Waals surface area contributed by atoms with Gasteiger partial charge in [-0.05, 0) is 25.7 Å². The Morgan fingerprint density at radius 1 is 1.29 bits per heavy atom. The number of hydrogen-bond donors (Lipinski definition) is 2. The Morgan fingerprint density at radius 3 is 2.25 bits per heavy atom. The van der Waals surface area contributed by atoms with E-state index in [-0.39, 0.29) is 43.1 Å². The molecule has 0 aromatic carbocycles. The second-order valence-corrected chi connectivity index (χ2v) is 7.81. The number of nitrogens with one attached hydrogen (secondary N) is 2. The van der Waals surface area contributed by atoms with Crippen molar-refractivity contribution in [2.45, 2.75) is 45.2 Å². The Balaban J connectivity index is 0.00000529. The van der Waals surface area contributed by atoms with Gasteiger partial charge >= 0.3 is 15.5 Å². The highest BCUT2D eigenvalue weighted by Gasteiger charge is 2.50. The number of aliphatic imine (C=N–C) groups is 1. The molecule has 1 heterocycles. The van der Waals surface area contributed by atoms with Crippen molar-refractivity contribution in [2.24, 2.45) is 10.9 Å². The monoisotopic (exact) mass is 486 g/mol. The van der Waals surface area contributed by atoms with E-state index in [2.05, 4.69) is 15.6 Å². The largest absolute Gasteiger partial charge is 0.511 e. The molecule has 1 fully saturated rings. The maximum atomic E-state index is 12.5. The molecule has 0 unspecified atom stereocenters. The number of alkyl halides is 3. The number of nitrogens with zero attached hydrogens (tertiary/aromatic N) is 2. The van der Waals surface area contributed by atoms with Crippen molar-refractivity contribution in [2.75, 3.05) is 26.2 Å². The van der Waals surface area contributed by atoms with Gasteiger partial charge in [0.05, 0.1) is 0 Å². The molecule has 6 nitrogen and oxygen atoms in total. The van der Waals surface area contributed by atoms with Crippen molar-refractivity contribution < 1.29 is 21.6 Å². The average molecular weight is 486 g/mol. The molecule has 1 saturated heterocycles. The van der Waals surface area contributed by atoms with Crippen molar-refractivity contribution in [1.29, 1.82) is 0 Å². The molecule has 1 aliphatic rings. The normalized spacial score (nSPS) is 18.4. The van der Waals surface area contributed by atoms with Gasteiger partial charge in [-0.3, -0.25) is 4.99 Å². The molecule has 0 aromatic rings. The van der Waals surface area contributed by atoms with Gasteiger partial charge in [-0.1, -0.05) is 13.8 Å². The first-order valence-corrected chi connectivity index (χ1v) is 9.13. The number of piperidine rings is 1. The molecule has 0 spiro atoms. The van der Waals surface area contributed by atoms with Crippen LogP contribution in [-0.4, -0.2) is 56.4 Å². The highest BCUT2D eigenvalue weighted by molar-refractivity contribution is 14.0. The summed E-state index contributed by atoms with van der Waals surface area (Å²) in [5, 5.41) is 6.24. The molecule has 1 aliphatic heterocycles. The zero-order chi connectivity index (χ0) is 17.7. The molecule has 11 heteroatoms. The first-order chi connectivity index (χ1) is 10.6. The molecule has 24 heavy (non-hydrogen) atoms. The summed E-state index contributed by atoms with van der Waals surface area (Å²) in [7, 11) is -5.22. The summed E-state index contributed by atoms with van der Waals surface area (Å²) in [5.74, 6) is 1.00. The Bertz CT molecular complexity index is 504. The minimum Gasteiger partial charge on any atom is -0.357 e.